The van der Waals surface area contributed by atoms with Gasteiger partial charge in [-0.3, -0.25) is 14.9 Å². The predicted octanol–water partition coefficient (Wildman–Crippen LogP) is 1.26. The second-order valence-corrected chi connectivity index (χ2v) is 4.43. The van der Waals surface area contributed by atoms with E-state index in [9.17, 15) is 19.7 Å². The van der Waals surface area contributed by atoms with Crippen molar-refractivity contribution in [1.29, 1.82) is 0 Å². The maximum atomic E-state index is 11.7. The lowest BCUT2D eigenvalue weighted by Gasteiger charge is -2.10. The first-order chi connectivity index (χ1) is 10.1. The molecule has 1 saturated heterocycles. The standard InChI is InChI=1S/C13H14N2O6/c16-12(8-21-13(17)11-6-3-7-20-11)14-9-4-1-2-5-10(9)15(18)19/h1-2,4-5,11H,3,6-8H2,(H,14,16)/t11-/m1/s1. The van der Waals surface area contributed by atoms with Crippen LogP contribution in [-0.2, 0) is 19.1 Å². The van der Waals surface area contributed by atoms with Gasteiger partial charge in [-0.15, -0.1) is 0 Å². The third-order valence-electron chi connectivity index (χ3n) is 2.91. The number of nitro benzene ring substituents is 1. The van der Waals surface area contributed by atoms with Crippen molar-refractivity contribution in [2.24, 2.45) is 0 Å². The monoisotopic (exact) mass is 294 g/mol. The molecule has 0 spiro atoms. The van der Waals surface area contributed by atoms with Crippen molar-refractivity contribution in [3.8, 4) is 0 Å². The van der Waals surface area contributed by atoms with Gasteiger partial charge < -0.3 is 14.8 Å². The first-order valence-electron chi connectivity index (χ1n) is 6.39. The van der Waals surface area contributed by atoms with E-state index in [1.54, 1.807) is 6.07 Å². The van der Waals surface area contributed by atoms with Gasteiger partial charge in [-0.25, -0.2) is 4.79 Å². The van der Waals surface area contributed by atoms with E-state index in [-0.39, 0.29) is 11.4 Å². The molecule has 2 rings (SSSR count). The highest BCUT2D eigenvalue weighted by atomic mass is 16.6. The van der Waals surface area contributed by atoms with E-state index < -0.39 is 29.5 Å². The first-order valence-corrected chi connectivity index (χ1v) is 6.39. The second kappa shape index (κ2) is 6.80. The summed E-state index contributed by atoms with van der Waals surface area (Å²) in [4.78, 5) is 33.4. The van der Waals surface area contributed by atoms with Crippen molar-refractivity contribution in [3.05, 3.63) is 34.4 Å². The third kappa shape index (κ3) is 3.99. The van der Waals surface area contributed by atoms with Gasteiger partial charge >= 0.3 is 5.97 Å². The SMILES string of the molecule is O=C(COC(=O)[C@H]1CCCO1)Nc1ccccc1[N+](=O)[O-]. The minimum absolute atomic E-state index is 0.0562. The second-order valence-electron chi connectivity index (χ2n) is 4.43. The van der Waals surface area contributed by atoms with Crippen LogP contribution in [-0.4, -0.2) is 36.1 Å². The highest BCUT2D eigenvalue weighted by molar-refractivity contribution is 5.95. The largest absolute Gasteiger partial charge is 0.454 e. The molecule has 0 aromatic heterocycles. The molecule has 1 N–H and O–H groups in total. The van der Waals surface area contributed by atoms with Gasteiger partial charge in [-0.2, -0.15) is 0 Å². The molecule has 0 saturated carbocycles. The van der Waals surface area contributed by atoms with Gasteiger partial charge in [0.25, 0.3) is 11.6 Å². The Morgan fingerprint density at radius 3 is 2.86 bits per heavy atom. The number of hydrogen-bond acceptors (Lipinski definition) is 6. The van der Waals surface area contributed by atoms with E-state index >= 15 is 0 Å². The zero-order chi connectivity index (χ0) is 15.2. The average Bonchev–Trinajstić information content (AvgIpc) is 2.99. The number of hydrogen-bond donors (Lipinski definition) is 1. The Labute approximate surface area is 120 Å². The highest BCUT2D eigenvalue weighted by Crippen LogP contribution is 2.23. The van der Waals surface area contributed by atoms with Crippen LogP contribution in [0, 0.1) is 10.1 Å². The number of nitrogens with one attached hydrogen (secondary N) is 1. The van der Waals surface area contributed by atoms with E-state index in [0.29, 0.717) is 13.0 Å². The summed E-state index contributed by atoms with van der Waals surface area (Å²) in [5, 5.41) is 13.1. The maximum absolute atomic E-state index is 11.7. The zero-order valence-electron chi connectivity index (χ0n) is 11.1. The number of para-hydroxylation sites is 2. The molecule has 1 amide bonds. The maximum Gasteiger partial charge on any atom is 0.335 e. The molecule has 1 aliphatic rings. The Morgan fingerprint density at radius 2 is 2.19 bits per heavy atom. The lowest BCUT2D eigenvalue weighted by molar-refractivity contribution is -0.383. The molecular weight excluding hydrogens is 280 g/mol. The van der Waals surface area contributed by atoms with Crippen molar-refractivity contribution in [1.82, 2.24) is 0 Å². The Balaban J connectivity index is 1.87. The Morgan fingerprint density at radius 1 is 1.43 bits per heavy atom. The molecule has 1 aromatic rings. The van der Waals surface area contributed by atoms with Crippen LogP contribution in [0.5, 0.6) is 0 Å². The fourth-order valence-electron chi connectivity index (χ4n) is 1.92. The van der Waals surface area contributed by atoms with Crippen LogP contribution in [0.1, 0.15) is 12.8 Å². The number of ether oxygens (including phenoxy) is 2. The van der Waals surface area contributed by atoms with Gasteiger partial charge in [0.1, 0.15) is 5.69 Å². The van der Waals surface area contributed by atoms with Crippen LogP contribution in [0.25, 0.3) is 0 Å². The van der Waals surface area contributed by atoms with Crippen LogP contribution in [0.2, 0.25) is 0 Å². The van der Waals surface area contributed by atoms with Gasteiger partial charge in [0, 0.05) is 12.7 Å². The number of nitro groups is 1. The third-order valence-corrected chi connectivity index (χ3v) is 2.91. The van der Waals surface area contributed by atoms with Crippen LogP contribution >= 0.6 is 0 Å². The Kier molecular flexibility index (Phi) is 4.83. The van der Waals surface area contributed by atoms with E-state index in [0.717, 1.165) is 6.42 Å². The van der Waals surface area contributed by atoms with Crippen LogP contribution in [0.4, 0.5) is 11.4 Å². The molecule has 0 radical (unpaired) electrons. The average molecular weight is 294 g/mol. The van der Waals surface area contributed by atoms with Gasteiger partial charge in [0.2, 0.25) is 0 Å². The summed E-state index contributed by atoms with van der Waals surface area (Å²) < 4.78 is 9.93. The lowest BCUT2D eigenvalue weighted by atomic mass is 10.2. The molecule has 112 valence electrons. The van der Waals surface area contributed by atoms with Crippen LogP contribution in [0.3, 0.4) is 0 Å². The molecule has 0 aliphatic carbocycles. The van der Waals surface area contributed by atoms with E-state index in [1.165, 1.54) is 18.2 Å². The minimum Gasteiger partial charge on any atom is -0.454 e. The molecule has 0 unspecified atom stereocenters. The number of carbonyl (C=O) groups excluding carboxylic acids is 2. The molecule has 1 aliphatic heterocycles. The number of esters is 1. The Hall–Kier alpha value is -2.48. The quantitative estimate of drug-likeness (QED) is 0.497. The molecule has 1 aromatic carbocycles. The summed E-state index contributed by atoms with van der Waals surface area (Å²) in [5.74, 6) is -1.24. The molecule has 8 nitrogen and oxygen atoms in total. The molecule has 21 heavy (non-hydrogen) atoms. The van der Waals surface area contributed by atoms with Crippen molar-refractivity contribution in [2.45, 2.75) is 18.9 Å². The summed E-state index contributed by atoms with van der Waals surface area (Å²) in [6.45, 7) is -0.00703. The predicted molar refractivity (Wildman–Crippen MR) is 71.7 cm³/mol. The molecular formula is C13H14N2O6. The van der Waals surface area contributed by atoms with Gasteiger partial charge in [-0.05, 0) is 18.9 Å². The number of benzene rings is 1. The number of rotatable bonds is 5. The highest BCUT2D eigenvalue weighted by Gasteiger charge is 2.25. The minimum atomic E-state index is -0.643. The van der Waals surface area contributed by atoms with Crippen molar-refractivity contribution in [2.75, 3.05) is 18.5 Å². The first kappa shape index (κ1) is 14.9. The molecule has 8 heteroatoms. The number of nitrogens with zero attached hydrogens (tertiary/aromatic N) is 1. The molecule has 1 atom stereocenters. The van der Waals surface area contributed by atoms with Crippen molar-refractivity contribution < 1.29 is 24.0 Å². The van der Waals surface area contributed by atoms with Gasteiger partial charge in [0.15, 0.2) is 12.7 Å². The number of amides is 1. The van der Waals surface area contributed by atoms with E-state index in [2.05, 4.69) is 5.32 Å². The number of carbonyl (C=O) groups is 2. The topological polar surface area (TPSA) is 108 Å². The smallest absolute Gasteiger partial charge is 0.335 e. The number of anilines is 1. The lowest BCUT2D eigenvalue weighted by Crippen LogP contribution is -2.27. The summed E-state index contributed by atoms with van der Waals surface area (Å²) >= 11 is 0. The summed E-state index contributed by atoms with van der Waals surface area (Å²) in [7, 11) is 0. The van der Waals surface area contributed by atoms with Gasteiger partial charge in [-0.1, -0.05) is 12.1 Å². The zero-order valence-corrected chi connectivity index (χ0v) is 11.1. The fourth-order valence-corrected chi connectivity index (χ4v) is 1.92. The molecule has 1 fully saturated rings. The normalized spacial score (nSPS) is 17.2. The summed E-state index contributed by atoms with van der Waals surface area (Å²) in [6.07, 6.45) is 0.733. The molecule has 0 bridgehead atoms. The van der Waals surface area contributed by atoms with Crippen molar-refractivity contribution >= 4 is 23.3 Å². The van der Waals surface area contributed by atoms with E-state index in [4.69, 9.17) is 9.47 Å². The van der Waals surface area contributed by atoms with E-state index in [1.807, 2.05) is 0 Å². The Bertz CT molecular complexity index is 553. The summed E-state index contributed by atoms with van der Waals surface area (Å²) in [5.41, 5.74) is -0.169. The molecule has 1 heterocycles. The summed E-state index contributed by atoms with van der Waals surface area (Å²) in [6, 6.07) is 5.72. The fraction of sp³-hybridized carbons (Fsp3) is 0.385. The van der Waals surface area contributed by atoms with Crippen molar-refractivity contribution in [3.63, 3.8) is 0 Å². The van der Waals surface area contributed by atoms with Gasteiger partial charge in [0.05, 0.1) is 4.92 Å². The van der Waals surface area contributed by atoms with Crippen LogP contribution in [0.15, 0.2) is 24.3 Å². The van der Waals surface area contributed by atoms with Crippen LogP contribution < -0.4 is 5.32 Å².